The van der Waals surface area contributed by atoms with E-state index >= 15 is 0 Å². The van der Waals surface area contributed by atoms with Gasteiger partial charge in [-0.3, -0.25) is 4.90 Å². The molecule has 1 aromatic carbocycles. The zero-order valence-electron chi connectivity index (χ0n) is 14.9. The highest BCUT2D eigenvalue weighted by Gasteiger charge is 2.29. The third-order valence-electron chi connectivity index (χ3n) is 4.54. The third-order valence-corrected chi connectivity index (χ3v) is 4.54. The molecule has 4 heteroatoms. The Balaban J connectivity index is 2.04. The fourth-order valence-electron chi connectivity index (χ4n) is 3.19. The van der Waals surface area contributed by atoms with Crippen LogP contribution in [0.2, 0.25) is 0 Å². The lowest BCUT2D eigenvalue weighted by Crippen LogP contribution is -2.36. The quantitative estimate of drug-likeness (QED) is 0.790. The third kappa shape index (κ3) is 2.88. The Morgan fingerprint density at radius 2 is 1.78 bits per heavy atom. The van der Waals surface area contributed by atoms with Gasteiger partial charge < -0.3 is 9.30 Å². The SMILES string of the molecule is CC(C)OC(=O)c1cn(C)c2cc3c(cc12)CN(C(C)(C)C)C3. The molecule has 0 atom stereocenters. The van der Waals surface area contributed by atoms with Crippen LogP contribution in [-0.2, 0) is 24.9 Å². The van der Waals surface area contributed by atoms with Crippen molar-refractivity contribution in [1.29, 1.82) is 0 Å². The van der Waals surface area contributed by atoms with Gasteiger partial charge in [-0.05, 0) is 57.9 Å². The maximum atomic E-state index is 12.4. The van der Waals surface area contributed by atoms with Crippen molar-refractivity contribution in [2.24, 2.45) is 7.05 Å². The number of ether oxygens (including phenoxy) is 1. The molecule has 0 amide bonds. The van der Waals surface area contributed by atoms with Crippen molar-refractivity contribution in [3.8, 4) is 0 Å². The Labute approximate surface area is 138 Å². The van der Waals surface area contributed by atoms with E-state index in [2.05, 4.69) is 37.8 Å². The van der Waals surface area contributed by atoms with Crippen molar-refractivity contribution < 1.29 is 9.53 Å². The Hall–Kier alpha value is -1.81. The van der Waals surface area contributed by atoms with E-state index < -0.39 is 0 Å². The Kier molecular flexibility index (Phi) is 3.75. The Bertz CT molecular complexity index is 766. The highest BCUT2D eigenvalue weighted by molar-refractivity contribution is 6.04. The number of hydrogen-bond acceptors (Lipinski definition) is 3. The van der Waals surface area contributed by atoms with Crippen molar-refractivity contribution in [1.82, 2.24) is 9.47 Å². The number of carbonyl (C=O) groups is 1. The molecule has 1 aliphatic rings. The van der Waals surface area contributed by atoms with Gasteiger partial charge in [0.2, 0.25) is 0 Å². The maximum absolute atomic E-state index is 12.4. The van der Waals surface area contributed by atoms with Gasteiger partial charge >= 0.3 is 5.97 Å². The summed E-state index contributed by atoms with van der Waals surface area (Å²) in [6, 6.07) is 4.40. The molecule has 0 spiro atoms. The first kappa shape index (κ1) is 16.1. The van der Waals surface area contributed by atoms with E-state index in [9.17, 15) is 4.79 Å². The molecule has 2 heterocycles. The lowest BCUT2D eigenvalue weighted by molar-refractivity contribution is 0.0380. The molecule has 0 N–H and O–H groups in total. The summed E-state index contributed by atoms with van der Waals surface area (Å²) in [6.07, 6.45) is 1.77. The van der Waals surface area contributed by atoms with Gasteiger partial charge in [0.1, 0.15) is 0 Å². The van der Waals surface area contributed by atoms with Crippen LogP contribution in [-0.4, -0.2) is 27.1 Å². The van der Waals surface area contributed by atoms with Gasteiger partial charge in [-0.15, -0.1) is 0 Å². The number of carbonyl (C=O) groups excluding carboxylic acids is 1. The average Bonchev–Trinajstić information content (AvgIpc) is 2.97. The van der Waals surface area contributed by atoms with E-state index in [1.54, 1.807) is 0 Å². The van der Waals surface area contributed by atoms with Crippen molar-refractivity contribution in [2.45, 2.75) is 59.4 Å². The number of aromatic nitrogens is 1. The first-order chi connectivity index (χ1) is 10.7. The Morgan fingerprint density at radius 3 is 2.35 bits per heavy atom. The molecular weight excluding hydrogens is 288 g/mol. The van der Waals surface area contributed by atoms with Crippen LogP contribution in [0.4, 0.5) is 0 Å². The van der Waals surface area contributed by atoms with Gasteiger partial charge in [0.15, 0.2) is 0 Å². The fraction of sp³-hybridized carbons (Fsp3) is 0.526. The van der Waals surface area contributed by atoms with Crippen LogP contribution < -0.4 is 0 Å². The first-order valence-corrected chi connectivity index (χ1v) is 8.23. The van der Waals surface area contributed by atoms with E-state index in [0.29, 0.717) is 5.56 Å². The zero-order chi connectivity index (χ0) is 16.9. The summed E-state index contributed by atoms with van der Waals surface area (Å²) < 4.78 is 7.41. The maximum Gasteiger partial charge on any atom is 0.340 e. The number of benzene rings is 1. The van der Waals surface area contributed by atoms with Crippen LogP contribution in [0.1, 0.15) is 56.1 Å². The van der Waals surface area contributed by atoms with Crippen LogP contribution in [0.5, 0.6) is 0 Å². The molecule has 0 saturated carbocycles. The summed E-state index contributed by atoms with van der Waals surface area (Å²) in [7, 11) is 1.98. The van der Waals surface area contributed by atoms with Gasteiger partial charge in [-0.25, -0.2) is 4.79 Å². The van der Waals surface area contributed by atoms with E-state index in [1.165, 1.54) is 11.1 Å². The van der Waals surface area contributed by atoms with Crippen molar-refractivity contribution in [2.75, 3.05) is 0 Å². The lowest BCUT2D eigenvalue weighted by Gasteiger charge is -2.31. The largest absolute Gasteiger partial charge is 0.459 e. The highest BCUT2D eigenvalue weighted by Crippen LogP contribution is 2.33. The standard InChI is InChI=1S/C19H26N2O2/c1-12(2)23-18(22)16-11-20(6)17-8-14-10-21(19(3,4)5)9-13(14)7-15(16)17/h7-8,11-12H,9-10H2,1-6H3. The second kappa shape index (κ2) is 5.38. The summed E-state index contributed by atoms with van der Waals surface area (Å²) in [4.78, 5) is 14.8. The minimum atomic E-state index is -0.240. The molecule has 2 aromatic rings. The molecule has 0 fully saturated rings. The molecule has 0 saturated heterocycles. The smallest absolute Gasteiger partial charge is 0.340 e. The molecule has 0 bridgehead atoms. The van der Waals surface area contributed by atoms with E-state index in [0.717, 1.165) is 24.0 Å². The normalized spacial score (nSPS) is 15.4. The lowest BCUT2D eigenvalue weighted by atomic mass is 10.1. The van der Waals surface area contributed by atoms with Crippen molar-refractivity contribution >= 4 is 16.9 Å². The summed E-state index contributed by atoms with van der Waals surface area (Å²) in [6.45, 7) is 12.4. The highest BCUT2D eigenvalue weighted by atomic mass is 16.5. The van der Waals surface area contributed by atoms with Crippen molar-refractivity contribution in [3.63, 3.8) is 0 Å². The average molecular weight is 314 g/mol. The van der Waals surface area contributed by atoms with Gasteiger partial charge in [-0.1, -0.05) is 0 Å². The minimum absolute atomic E-state index is 0.108. The number of hydrogen-bond donors (Lipinski definition) is 0. The van der Waals surface area contributed by atoms with Gasteiger partial charge in [0, 0.05) is 42.8 Å². The number of rotatable bonds is 2. The second-order valence-corrected chi connectivity index (χ2v) is 7.77. The van der Waals surface area contributed by atoms with Crippen LogP contribution in [0.25, 0.3) is 10.9 Å². The number of fused-ring (bicyclic) bond motifs is 2. The van der Waals surface area contributed by atoms with E-state index in [4.69, 9.17) is 4.74 Å². The molecule has 0 unspecified atom stereocenters. The Morgan fingerprint density at radius 1 is 1.17 bits per heavy atom. The van der Waals surface area contributed by atoms with Gasteiger partial charge in [0.25, 0.3) is 0 Å². The van der Waals surface area contributed by atoms with E-state index in [-0.39, 0.29) is 17.6 Å². The monoisotopic (exact) mass is 314 g/mol. The van der Waals surface area contributed by atoms with Gasteiger partial charge in [0.05, 0.1) is 11.7 Å². The van der Waals surface area contributed by atoms with Crippen LogP contribution >= 0.6 is 0 Å². The summed E-state index contributed by atoms with van der Waals surface area (Å²) in [5.74, 6) is -0.240. The summed E-state index contributed by atoms with van der Waals surface area (Å²) >= 11 is 0. The minimum Gasteiger partial charge on any atom is -0.459 e. The summed E-state index contributed by atoms with van der Waals surface area (Å²) in [5, 5.41) is 0.993. The molecule has 0 radical (unpaired) electrons. The van der Waals surface area contributed by atoms with Crippen LogP contribution in [0.3, 0.4) is 0 Å². The molecular formula is C19H26N2O2. The predicted molar refractivity (Wildman–Crippen MR) is 92.5 cm³/mol. The van der Waals surface area contributed by atoms with Gasteiger partial charge in [-0.2, -0.15) is 0 Å². The fourth-order valence-corrected chi connectivity index (χ4v) is 3.19. The molecule has 4 nitrogen and oxygen atoms in total. The van der Waals surface area contributed by atoms with Crippen molar-refractivity contribution in [3.05, 3.63) is 35.0 Å². The molecule has 23 heavy (non-hydrogen) atoms. The van der Waals surface area contributed by atoms with Crippen LogP contribution in [0.15, 0.2) is 18.3 Å². The molecule has 124 valence electrons. The molecule has 1 aromatic heterocycles. The summed E-state index contributed by atoms with van der Waals surface area (Å²) in [5.41, 5.74) is 4.57. The number of esters is 1. The van der Waals surface area contributed by atoms with Crippen LogP contribution in [0, 0.1) is 0 Å². The molecule has 0 aliphatic carbocycles. The zero-order valence-corrected chi connectivity index (χ0v) is 14.9. The number of aryl methyl sites for hydroxylation is 1. The first-order valence-electron chi connectivity index (χ1n) is 8.23. The second-order valence-electron chi connectivity index (χ2n) is 7.77. The number of nitrogens with zero attached hydrogens (tertiary/aromatic N) is 2. The predicted octanol–water partition coefficient (Wildman–Crippen LogP) is 3.86. The molecule has 1 aliphatic heterocycles. The topological polar surface area (TPSA) is 34.5 Å². The van der Waals surface area contributed by atoms with E-state index in [1.807, 2.05) is 31.7 Å². The molecule has 3 rings (SSSR count).